The molecule has 4 heterocycles. The van der Waals surface area contributed by atoms with Crippen LogP contribution in [0.15, 0.2) is 41.3 Å². The minimum absolute atomic E-state index is 0.0567. The molecule has 1 saturated carbocycles. The van der Waals surface area contributed by atoms with Gasteiger partial charge in [-0.1, -0.05) is 11.6 Å². The van der Waals surface area contributed by atoms with Crippen molar-refractivity contribution >= 4 is 44.9 Å². The molecule has 1 atom stereocenters. The van der Waals surface area contributed by atoms with Crippen LogP contribution in [0.2, 0.25) is 5.15 Å². The summed E-state index contributed by atoms with van der Waals surface area (Å²) in [4.78, 5) is 35.1. The topological polar surface area (TPSA) is 146 Å². The lowest BCUT2D eigenvalue weighted by atomic mass is 9.77. The molecular weight excluding hydrogens is 690 g/mol. The number of hydrogen-bond acceptors (Lipinski definition) is 8. The first-order chi connectivity index (χ1) is 23.7. The SMILES string of the molecule is C[N+]1(CCN)CCN(C(=O)C2CCC(C(F)(F)c3cc(Cl)nc(N4CCN(S(=O)(=O)c5ccc(N6C[C@H](N)CC6=O)cc5)CC4)c3)CC2)CC1. The van der Waals surface area contributed by atoms with Gasteiger partial charge in [-0.3, -0.25) is 9.59 Å². The Hall–Kier alpha value is -2.95. The van der Waals surface area contributed by atoms with Crippen molar-refractivity contribution in [2.24, 2.45) is 23.3 Å². The Kier molecular flexibility index (Phi) is 10.7. The second-order valence-corrected chi connectivity index (χ2v) is 16.8. The molecule has 4 aliphatic rings. The Morgan fingerprint density at radius 3 is 2.24 bits per heavy atom. The molecule has 1 aromatic heterocycles. The van der Waals surface area contributed by atoms with E-state index in [2.05, 4.69) is 12.0 Å². The minimum atomic E-state index is -3.83. The molecular formula is C34H48ClF2N8O4S+. The molecule has 0 unspecified atom stereocenters. The van der Waals surface area contributed by atoms with Gasteiger partial charge >= 0.3 is 0 Å². The van der Waals surface area contributed by atoms with Crippen LogP contribution in [0.4, 0.5) is 20.3 Å². The van der Waals surface area contributed by atoms with Crippen LogP contribution in [0.25, 0.3) is 0 Å². The van der Waals surface area contributed by atoms with Gasteiger partial charge in [-0.25, -0.2) is 22.2 Å². The van der Waals surface area contributed by atoms with E-state index in [1.807, 2.05) is 4.90 Å². The smallest absolute Gasteiger partial charge is 0.276 e. The standard InChI is InChI=1S/C34H48ClF2N8O4S/c1-45(17-10-38)18-15-42(16-19-45)33(47)24-2-4-25(5-3-24)34(36,37)26-20-30(35)40-31(21-26)41-11-13-43(14-12-41)50(48,49)29-8-6-28(7-9-29)44-23-27(39)22-32(44)46/h6-9,20-21,24-25,27H,2-5,10-19,22-23,38-39H2,1H3/q+1/t24?,25?,27-/m1/s1. The zero-order chi connectivity index (χ0) is 35.8. The molecule has 4 N–H and O–H groups in total. The fourth-order valence-electron chi connectivity index (χ4n) is 7.83. The molecule has 4 fully saturated rings. The van der Waals surface area contributed by atoms with Crippen molar-refractivity contribution in [2.45, 2.75) is 49.0 Å². The first-order valence-electron chi connectivity index (χ1n) is 17.5. The van der Waals surface area contributed by atoms with Crippen molar-refractivity contribution in [3.05, 3.63) is 47.1 Å². The molecule has 0 radical (unpaired) electrons. The number of sulfonamides is 1. The summed E-state index contributed by atoms with van der Waals surface area (Å²) < 4.78 is 61.2. The van der Waals surface area contributed by atoms with E-state index in [1.54, 1.807) is 21.9 Å². The van der Waals surface area contributed by atoms with Crippen LogP contribution in [0.1, 0.15) is 37.7 Å². The van der Waals surface area contributed by atoms with E-state index in [0.29, 0.717) is 44.7 Å². The number of hydrogen-bond donors (Lipinski definition) is 2. The number of amides is 2. The molecule has 3 saturated heterocycles. The maximum atomic E-state index is 16.1. The quantitative estimate of drug-likeness (QED) is 0.295. The summed E-state index contributed by atoms with van der Waals surface area (Å²) in [5.41, 5.74) is 12.0. The maximum absolute atomic E-state index is 16.1. The minimum Gasteiger partial charge on any atom is -0.354 e. The fraction of sp³-hybridized carbons (Fsp3) is 0.618. The third-order valence-corrected chi connectivity index (χ3v) is 13.2. The number of likely N-dealkylation sites (N-methyl/N-ethyl adjacent to an activating group) is 1. The van der Waals surface area contributed by atoms with E-state index >= 15 is 8.78 Å². The molecule has 274 valence electrons. The Bertz CT molecular complexity index is 1660. The number of nitrogens with two attached hydrogens (primary N) is 2. The van der Waals surface area contributed by atoms with Gasteiger partial charge in [0.15, 0.2) is 0 Å². The van der Waals surface area contributed by atoms with E-state index in [4.69, 9.17) is 23.1 Å². The molecule has 2 amide bonds. The van der Waals surface area contributed by atoms with Crippen molar-refractivity contribution < 1.29 is 31.3 Å². The van der Waals surface area contributed by atoms with E-state index in [-0.39, 0.29) is 90.6 Å². The molecule has 50 heavy (non-hydrogen) atoms. The van der Waals surface area contributed by atoms with Crippen molar-refractivity contribution in [1.82, 2.24) is 14.2 Å². The molecule has 0 bridgehead atoms. The van der Waals surface area contributed by atoms with Crippen molar-refractivity contribution in [3.63, 3.8) is 0 Å². The van der Waals surface area contributed by atoms with Crippen LogP contribution in [0.5, 0.6) is 0 Å². The number of pyridine rings is 1. The van der Waals surface area contributed by atoms with Gasteiger partial charge in [0, 0.05) is 74.8 Å². The highest BCUT2D eigenvalue weighted by molar-refractivity contribution is 7.89. The Balaban J connectivity index is 1.05. The number of piperazine rings is 2. The lowest BCUT2D eigenvalue weighted by Crippen LogP contribution is -2.60. The van der Waals surface area contributed by atoms with E-state index in [9.17, 15) is 18.0 Å². The highest BCUT2D eigenvalue weighted by atomic mass is 35.5. The molecule has 3 aliphatic heterocycles. The lowest BCUT2D eigenvalue weighted by molar-refractivity contribution is -0.911. The van der Waals surface area contributed by atoms with Gasteiger partial charge in [-0.05, 0) is 62.1 Å². The third kappa shape index (κ3) is 7.63. The average molecular weight is 738 g/mol. The van der Waals surface area contributed by atoms with Gasteiger partial charge < -0.3 is 30.7 Å². The number of aromatic nitrogens is 1. The highest BCUT2D eigenvalue weighted by Gasteiger charge is 2.45. The number of benzene rings is 1. The zero-order valence-electron chi connectivity index (χ0n) is 28.5. The molecule has 6 rings (SSSR count). The van der Waals surface area contributed by atoms with Crippen LogP contribution in [-0.2, 0) is 25.5 Å². The summed E-state index contributed by atoms with van der Waals surface area (Å²) >= 11 is 6.30. The molecule has 1 aliphatic carbocycles. The second-order valence-electron chi connectivity index (χ2n) is 14.5. The molecule has 0 spiro atoms. The Morgan fingerprint density at radius 1 is 1.02 bits per heavy atom. The molecule has 1 aromatic carbocycles. The predicted octanol–water partition coefficient (Wildman–Crippen LogP) is 2.46. The van der Waals surface area contributed by atoms with Gasteiger partial charge in [-0.2, -0.15) is 4.31 Å². The van der Waals surface area contributed by atoms with Crippen LogP contribution < -0.4 is 21.3 Å². The van der Waals surface area contributed by atoms with E-state index in [0.717, 1.165) is 24.1 Å². The normalized spacial score (nSPS) is 25.3. The number of carbonyl (C=O) groups excluding carboxylic acids is 2. The van der Waals surface area contributed by atoms with Gasteiger partial charge in [0.2, 0.25) is 21.8 Å². The van der Waals surface area contributed by atoms with Crippen molar-refractivity contribution in [2.75, 3.05) is 88.8 Å². The molecule has 16 heteroatoms. The predicted molar refractivity (Wildman–Crippen MR) is 187 cm³/mol. The van der Waals surface area contributed by atoms with Gasteiger partial charge in [0.25, 0.3) is 5.92 Å². The number of anilines is 2. The first-order valence-corrected chi connectivity index (χ1v) is 19.3. The Morgan fingerprint density at radius 2 is 1.66 bits per heavy atom. The second kappa shape index (κ2) is 14.6. The highest BCUT2D eigenvalue weighted by Crippen LogP contribution is 2.46. The number of rotatable bonds is 9. The summed E-state index contributed by atoms with van der Waals surface area (Å²) in [6, 6.07) is 8.50. The number of alkyl halides is 2. The molecule has 12 nitrogen and oxygen atoms in total. The summed E-state index contributed by atoms with van der Waals surface area (Å²) in [6.45, 7) is 5.61. The fourth-order valence-corrected chi connectivity index (χ4v) is 9.45. The zero-order valence-corrected chi connectivity index (χ0v) is 30.1. The van der Waals surface area contributed by atoms with Gasteiger partial charge in [0.1, 0.15) is 11.0 Å². The largest absolute Gasteiger partial charge is 0.354 e. The molecule has 2 aromatic rings. The third-order valence-electron chi connectivity index (χ3n) is 11.1. The van der Waals surface area contributed by atoms with Crippen LogP contribution >= 0.6 is 11.6 Å². The monoisotopic (exact) mass is 737 g/mol. The van der Waals surface area contributed by atoms with E-state index < -0.39 is 21.9 Å². The number of nitrogens with zero attached hydrogens (tertiary/aromatic N) is 6. The van der Waals surface area contributed by atoms with Crippen molar-refractivity contribution in [3.8, 4) is 0 Å². The summed E-state index contributed by atoms with van der Waals surface area (Å²) in [5, 5.41) is -0.0567. The van der Waals surface area contributed by atoms with Gasteiger partial charge in [-0.15, -0.1) is 0 Å². The Labute approximate surface area is 297 Å². The number of halogens is 3. The maximum Gasteiger partial charge on any atom is 0.276 e. The number of carbonyl (C=O) groups is 2. The summed E-state index contributed by atoms with van der Waals surface area (Å²) in [5.74, 6) is -4.11. The first kappa shape index (κ1) is 36.8. The van der Waals surface area contributed by atoms with Crippen LogP contribution in [0.3, 0.4) is 0 Å². The van der Waals surface area contributed by atoms with Crippen LogP contribution in [-0.4, -0.2) is 124 Å². The number of quaternary nitrogens is 1. The van der Waals surface area contributed by atoms with Crippen LogP contribution in [0, 0.1) is 11.8 Å². The van der Waals surface area contributed by atoms with E-state index in [1.165, 1.54) is 28.6 Å². The summed E-state index contributed by atoms with van der Waals surface area (Å²) in [6.07, 6.45) is 1.54. The lowest BCUT2D eigenvalue weighted by Gasteiger charge is -2.43. The van der Waals surface area contributed by atoms with Gasteiger partial charge in [0.05, 0.1) is 44.7 Å². The summed E-state index contributed by atoms with van der Waals surface area (Å²) in [7, 11) is -1.68. The van der Waals surface area contributed by atoms with Crippen molar-refractivity contribution in [1.29, 1.82) is 0 Å². The average Bonchev–Trinajstić information content (AvgIpc) is 3.45.